The lowest BCUT2D eigenvalue weighted by molar-refractivity contribution is -0.00811. The van der Waals surface area contributed by atoms with Crippen LogP contribution in [0.3, 0.4) is 0 Å². The van der Waals surface area contributed by atoms with E-state index in [1.54, 1.807) is 0 Å². The highest BCUT2D eigenvalue weighted by Gasteiger charge is 2.51. The first-order valence-electron chi connectivity index (χ1n) is 13.5. The largest absolute Gasteiger partial charge is 0.489 e. The zero-order chi connectivity index (χ0) is 24.6. The number of pyridine rings is 1. The van der Waals surface area contributed by atoms with Crippen molar-refractivity contribution in [3.8, 4) is 17.6 Å². The summed E-state index contributed by atoms with van der Waals surface area (Å²) in [4.78, 5) is 4.38. The molecule has 0 unspecified atom stereocenters. The van der Waals surface area contributed by atoms with Crippen molar-refractivity contribution in [2.24, 2.45) is 11.8 Å². The molecule has 1 aromatic heterocycles. The highest BCUT2D eigenvalue weighted by atomic mass is 16.5. The first-order chi connectivity index (χ1) is 17.5. The molecule has 6 rings (SSSR count). The molecule has 0 radical (unpaired) electrons. The fourth-order valence-corrected chi connectivity index (χ4v) is 6.45. The van der Waals surface area contributed by atoms with Gasteiger partial charge in [0.1, 0.15) is 18.0 Å². The van der Waals surface area contributed by atoms with Gasteiger partial charge in [-0.3, -0.25) is 4.98 Å². The quantitative estimate of drug-likeness (QED) is 0.436. The summed E-state index contributed by atoms with van der Waals surface area (Å²) in [5, 5.41) is 11.5. The van der Waals surface area contributed by atoms with Gasteiger partial charge in [-0.05, 0) is 99.1 Å². The first kappa shape index (κ1) is 23.3. The number of benzene rings is 2. The van der Waals surface area contributed by atoms with Crippen molar-refractivity contribution in [1.29, 1.82) is 0 Å². The maximum absolute atomic E-state index is 11.5. The lowest BCUT2D eigenvalue weighted by Gasteiger charge is -2.52. The van der Waals surface area contributed by atoms with E-state index in [9.17, 15) is 5.11 Å². The van der Waals surface area contributed by atoms with Crippen molar-refractivity contribution in [3.05, 3.63) is 94.8 Å². The number of fused-ring (bicyclic) bond motifs is 3. The Hall–Kier alpha value is -3.09. The maximum Gasteiger partial charge on any atom is 0.125 e. The summed E-state index contributed by atoms with van der Waals surface area (Å²) in [6.45, 7) is 2.56. The van der Waals surface area contributed by atoms with Gasteiger partial charge in [0.25, 0.3) is 0 Å². The highest BCUT2D eigenvalue weighted by molar-refractivity contribution is 5.45. The Labute approximate surface area is 214 Å². The van der Waals surface area contributed by atoms with Crippen molar-refractivity contribution in [1.82, 2.24) is 4.98 Å². The van der Waals surface area contributed by atoms with Crippen LogP contribution in [-0.2, 0) is 24.9 Å². The molecule has 3 aliphatic carbocycles. The fraction of sp³-hybridized carbons (Fsp3) is 0.424. The molecule has 0 saturated heterocycles. The number of ether oxygens (including phenoxy) is 1. The molecule has 36 heavy (non-hydrogen) atoms. The standard InChI is InChI=1S/C33H35NO2/c1-24-28(8-5-19-34-24)23-36-30-13-14-31-27(20-30)11-12-29-22-32(35,16-15-25-9-10-25)17-18-33(29,31)21-26-6-3-2-4-7-26/h2-8,13-14,19-20,25,29,35H,9-12,17-18,21-23H2,1H3/t29-,32-,33+/m1/s1. The van der Waals surface area contributed by atoms with Gasteiger partial charge in [0.05, 0.1) is 0 Å². The summed E-state index contributed by atoms with van der Waals surface area (Å²) < 4.78 is 6.22. The van der Waals surface area contributed by atoms with Crippen molar-refractivity contribution < 1.29 is 9.84 Å². The molecular weight excluding hydrogens is 442 g/mol. The zero-order valence-corrected chi connectivity index (χ0v) is 21.2. The third-order valence-electron chi connectivity index (χ3n) is 8.68. The minimum atomic E-state index is -0.838. The van der Waals surface area contributed by atoms with E-state index in [2.05, 4.69) is 71.4 Å². The Morgan fingerprint density at radius 1 is 1.03 bits per heavy atom. The molecule has 1 N–H and O–H groups in total. The Morgan fingerprint density at radius 3 is 2.69 bits per heavy atom. The molecule has 184 valence electrons. The van der Waals surface area contributed by atoms with Crippen LogP contribution in [0.4, 0.5) is 0 Å². The highest BCUT2D eigenvalue weighted by Crippen LogP contribution is 2.54. The summed E-state index contributed by atoms with van der Waals surface area (Å²) >= 11 is 0. The molecule has 0 amide bonds. The van der Waals surface area contributed by atoms with E-state index in [-0.39, 0.29) is 5.41 Å². The number of aromatic nitrogens is 1. The van der Waals surface area contributed by atoms with Gasteiger partial charge in [-0.15, -0.1) is 0 Å². The number of aliphatic hydroxyl groups is 1. The van der Waals surface area contributed by atoms with Crippen LogP contribution in [0.2, 0.25) is 0 Å². The third-order valence-corrected chi connectivity index (χ3v) is 8.68. The molecule has 0 bridgehead atoms. The molecule has 3 aromatic rings. The van der Waals surface area contributed by atoms with Crippen molar-refractivity contribution in [2.45, 2.75) is 75.9 Å². The molecule has 2 aromatic carbocycles. The fourth-order valence-electron chi connectivity index (χ4n) is 6.45. The van der Waals surface area contributed by atoms with E-state index in [4.69, 9.17) is 4.74 Å². The minimum Gasteiger partial charge on any atom is -0.489 e. The maximum atomic E-state index is 11.5. The number of rotatable bonds is 5. The second-order valence-corrected chi connectivity index (χ2v) is 11.2. The smallest absolute Gasteiger partial charge is 0.125 e. The van der Waals surface area contributed by atoms with Gasteiger partial charge < -0.3 is 9.84 Å². The minimum absolute atomic E-state index is 0.0287. The number of hydrogen-bond donors (Lipinski definition) is 1. The molecule has 3 atom stereocenters. The average molecular weight is 478 g/mol. The lowest BCUT2D eigenvalue weighted by Crippen LogP contribution is -2.50. The molecule has 3 nitrogen and oxygen atoms in total. The van der Waals surface area contributed by atoms with Crippen LogP contribution < -0.4 is 4.74 Å². The predicted molar refractivity (Wildman–Crippen MR) is 143 cm³/mol. The monoisotopic (exact) mass is 477 g/mol. The summed E-state index contributed by atoms with van der Waals surface area (Å²) in [6.07, 6.45) is 9.81. The molecule has 0 spiro atoms. The van der Waals surface area contributed by atoms with E-state index in [0.717, 1.165) is 55.5 Å². The van der Waals surface area contributed by atoms with Crippen LogP contribution in [0.25, 0.3) is 0 Å². The van der Waals surface area contributed by atoms with E-state index in [0.29, 0.717) is 18.4 Å². The van der Waals surface area contributed by atoms with E-state index in [1.165, 1.54) is 29.5 Å². The number of aryl methyl sites for hydroxylation is 2. The average Bonchev–Trinajstić information content (AvgIpc) is 3.73. The molecular formula is C33H35NO2. The number of hydrogen-bond acceptors (Lipinski definition) is 3. The molecule has 2 fully saturated rings. The lowest BCUT2D eigenvalue weighted by atomic mass is 9.52. The first-order valence-corrected chi connectivity index (χ1v) is 13.5. The van der Waals surface area contributed by atoms with Crippen molar-refractivity contribution in [2.75, 3.05) is 0 Å². The van der Waals surface area contributed by atoms with Gasteiger partial charge >= 0.3 is 0 Å². The summed E-state index contributed by atoms with van der Waals surface area (Å²) in [5.74, 6) is 8.55. The number of nitrogens with zero attached hydrogens (tertiary/aromatic N) is 1. The van der Waals surface area contributed by atoms with Gasteiger partial charge in [-0.2, -0.15) is 0 Å². The third kappa shape index (κ3) is 4.67. The Balaban J connectivity index is 1.30. The molecule has 3 aliphatic rings. The van der Waals surface area contributed by atoms with Crippen molar-refractivity contribution in [3.63, 3.8) is 0 Å². The Kier molecular flexibility index (Phi) is 6.10. The molecule has 0 aliphatic heterocycles. The van der Waals surface area contributed by atoms with Crippen LogP contribution in [0.1, 0.15) is 66.5 Å². The van der Waals surface area contributed by atoms with Crippen molar-refractivity contribution >= 4 is 0 Å². The van der Waals surface area contributed by atoms with Crippen LogP contribution in [-0.4, -0.2) is 15.7 Å². The van der Waals surface area contributed by atoms with E-state index >= 15 is 0 Å². The Bertz CT molecular complexity index is 1300. The summed E-state index contributed by atoms with van der Waals surface area (Å²) in [7, 11) is 0. The molecule has 1 heterocycles. The van der Waals surface area contributed by atoms with Crippen LogP contribution in [0.15, 0.2) is 66.9 Å². The van der Waals surface area contributed by atoms with Gasteiger partial charge in [-0.25, -0.2) is 0 Å². The normalized spacial score (nSPS) is 26.8. The summed E-state index contributed by atoms with van der Waals surface area (Å²) in [6, 6.07) is 21.6. The van der Waals surface area contributed by atoms with Gasteiger partial charge in [0.2, 0.25) is 0 Å². The zero-order valence-electron chi connectivity index (χ0n) is 21.2. The van der Waals surface area contributed by atoms with Gasteiger partial charge in [0.15, 0.2) is 0 Å². The van der Waals surface area contributed by atoms with Gasteiger partial charge in [-0.1, -0.05) is 54.3 Å². The summed E-state index contributed by atoms with van der Waals surface area (Å²) in [5.41, 5.74) is 5.55. The second-order valence-electron chi connectivity index (χ2n) is 11.2. The SMILES string of the molecule is Cc1ncccc1COc1ccc2c(c1)CC[C@@H]1C[C@@](O)(C#CC3CC3)CC[C@@]21Cc1ccccc1. The van der Waals surface area contributed by atoms with Crippen LogP contribution in [0.5, 0.6) is 5.75 Å². The van der Waals surface area contributed by atoms with Crippen LogP contribution >= 0.6 is 0 Å². The topological polar surface area (TPSA) is 42.4 Å². The van der Waals surface area contributed by atoms with Gasteiger partial charge in [0, 0.05) is 28.8 Å². The second kappa shape index (κ2) is 9.41. The van der Waals surface area contributed by atoms with E-state index in [1.807, 2.05) is 19.2 Å². The van der Waals surface area contributed by atoms with E-state index < -0.39 is 5.60 Å². The Morgan fingerprint density at radius 2 is 1.89 bits per heavy atom. The molecule has 2 saturated carbocycles. The molecule has 3 heteroatoms. The van der Waals surface area contributed by atoms with Crippen LogP contribution in [0, 0.1) is 30.6 Å². The predicted octanol–water partition coefficient (Wildman–Crippen LogP) is 6.34.